The second-order valence-corrected chi connectivity index (χ2v) is 7.18. The summed E-state index contributed by atoms with van der Waals surface area (Å²) in [5.41, 5.74) is 2.76. The van der Waals surface area contributed by atoms with Gasteiger partial charge < -0.3 is 14.9 Å². The van der Waals surface area contributed by atoms with Crippen molar-refractivity contribution in [1.82, 2.24) is 15.5 Å². The van der Waals surface area contributed by atoms with Gasteiger partial charge in [-0.15, -0.1) is 0 Å². The zero-order valence-electron chi connectivity index (χ0n) is 13.0. The zero-order valence-corrected chi connectivity index (χ0v) is 13.0. The number of piperidine rings is 1. The third kappa shape index (κ3) is 2.14. The number of hydrogen-bond acceptors (Lipinski definition) is 5. The lowest BCUT2D eigenvalue weighted by Crippen LogP contribution is -2.38. The van der Waals surface area contributed by atoms with Crippen LogP contribution < -0.4 is 5.32 Å². The molecule has 5 nitrogen and oxygen atoms in total. The van der Waals surface area contributed by atoms with Crippen molar-refractivity contribution >= 4 is 0 Å². The lowest BCUT2D eigenvalue weighted by atomic mass is 9.82. The number of aromatic nitrogens is 2. The van der Waals surface area contributed by atoms with Crippen LogP contribution in [-0.4, -0.2) is 27.4 Å². The number of nitrogens with zero attached hydrogens (tertiary/aromatic N) is 2. The average Bonchev–Trinajstić information content (AvgIpc) is 3.28. The Hall–Kier alpha value is -1.72. The Morgan fingerprint density at radius 2 is 2.13 bits per heavy atom. The number of aliphatic hydroxyl groups is 1. The van der Waals surface area contributed by atoms with Gasteiger partial charge in [0.05, 0.1) is 12.1 Å². The van der Waals surface area contributed by atoms with Crippen molar-refractivity contribution in [2.24, 2.45) is 5.92 Å². The Balaban J connectivity index is 1.43. The average molecular weight is 311 g/mol. The molecule has 5 heteroatoms. The number of hydrogen-bond donors (Lipinski definition) is 2. The zero-order chi connectivity index (χ0) is 15.4. The molecule has 1 unspecified atom stereocenters. The maximum atomic E-state index is 9.87. The third-order valence-corrected chi connectivity index (χ3v) is 5.84. The molecule has 2 fully saturated rings. The Morgan fingerprint density at radius 1 is 1.22 bits per heavy atom. The van der Waals surface area contributed by atoms with Crippen LogP contribution in [0.1, 0.15) is 60.5 Å². The van der Waals surface area contributed by atoms with Crippen molar-refractivity contribution < 1.29 is 9.63 Å². The van der Waals surface area contributed by atoms with Crippen LogP contribution in [0, 0.1) is 5.92 Å². The SMILES string of the molecule is O[C@@H]1C[C@@H]2C[C@H]1N[C@H]2c1nc(C2CCCc3ccccc32)no1. The molecule has 23 heavy (non-hydrogen) atoms. The number of fused-ring (bicyclic) bond motifs is 3. The van der Waals surface area contributed by atoms with E-state index < -0.39 is 0 Å². The van der Waals surface area contributed by atoms with Crippen LogP contribution in [-0.2, 0) is 6.42 Å². The minimum atomic E-state index is -0.219. The number of aliphatic hydroxyl groups excluding tert-OH is 1. The standard InChI is InChI=1S/C18H21N3O2/c22-15-9-11-8-14(15)19-16(11)18-20-17(21-23-18)13-7-3-5-10-4-1-2-6-12(10)13/h1-2,4,6,11,13-16,19,22H,3,5,7-9H2/t11-,13?,14+,15+,16+/m0/s1. The summed E-state index contributed by atoms with van der Waals surface area (Å²) in [5, 5.41) is 17.6. The summed E-state index contributed by atoms with van der Waals surface area (Å²) < 4.78 is 5.60. The molecule has 2 aromatic rings. The summed E-state index contributed by atoms with van der Waals surface area (Å²) >= 11 is 0. The fraction of sp³-hybridized carbons (Fsp3) is 0.556. The van der Waals surface area contributed by atoms with E-state index in [0.717, 1.165) is 31.5 Å². The molecule has 2 aliphatic carbocycles. The predicted octanol–water partition coefficient (Wildman–Crippen LogP) is 2.32. The Labute approximate surface area is 135 Å². The molecular formula is C18H21N3O2. The first-order chi connectivity index (χ1) is 11.3. The van der Waals surface area contributed by atoms with E-state index in [0.29, 0.717) is 11.8 Å². The molecule has 3 aliphatic rings. The van der Waals surface area contributed by atoms with Gasteiger partial charge in [-0.1, -0.05) is 29.4 Å². The highest BCUT2D eigenvalue weighted by Gasteiger charge is 2.47. The highest BCUT2D eigenvalue weighted by Crippen LogP contribution is 2.43. The third-order valence-electron chi connectivity index (χ3n) is 5.84. The van der Waals surface area contributed by atoms with Crippen LogP contribution in [0.3, 0.4) is 0 Å². The Bertz CT molecular complexity index is 727. The molecular weight excluding hydrogens is 290 g/mol. The van der Waals surface area contributed by atoms with Gasteiger partial charge in [-0.2, -0.15) is 4.98 Å². The molecule has 0 amide bonds. The maximum Gasteiger partial charge on any atom is 0.244 e. The number of rotatable bonds is 2. The van der Waals surface area contributed by atoms with Gasteiger partial charge in [0.2, 0.25) is 5.89 Å². The quantitative estimate of drug-likeness (QED) is 0.890. The molecule has 5 atom stereocenters. The lowest BCUT2D eigenvalue weighted by molar-refractivity contribution is 0.112. The van der Waals surface area contributed by atoms with Gasteiger partial charge >= 0.3 is 0 Å². The predicted molar refractivity (Wildman–Crippen MR) is 83.9 cm³/mol. The molecule has 0 spiro atoms. The van der Waals surface area contributed by atoms with E-state index in [1.807, 2.05) is 0 Å². The lowest BCUT2D eigenvalue weighted by Gasteiger charge is -2.24. The van der Waals surface area contributed by atoms with E-state index in [1.165, 1.54) is 17.5 Å². The number of aryl methyl sites for hydroxylation is 1. The molecule has 1 saturated heterocycles. The van der Waals surface area contributed by atoms with Gasteiger partial charge in [0.15, 0.2) is 5.82 Å². The van der Waals surface area contributed by atoms with Gasteiger partial charge in [-0.3, -0.25) is 0 Å². The summed E-state index contributed by atoms with van der Waals surface area (Å²) in [7, 11) is 0. The van der Waals surface area contributed by atoms with E-state index in [4.69, 9.17) is 9.51 Å². The van der Waals surface area contributed by atoms with Gasteiger partial charge in [-0.25, -0.2) is 0 Å². The normalized spacial score (nSPS) is 35.4. The van der Waals surface area contributed by atoms with Crippen LogP contribution in [0.2, 0.25) is 0 Å². The molecule has 2 N–H and O–H groups in total. The molecule has 1 saturated carbocycles. The van der Waals surface area contributed by atoms with Crippen LogP contribution in [0.4, 0.5) is 0 Å². The summed E-state index contributed by atoms with van der Waals surface area (Å²) in [6.07, 6.45) is 5.03. The summed E-state index contributed by atoms with van der Waals surface area (Å²) in [6.45, 7) is 0. The molecule has 1 aliphatic heterocycles. The topological polar surface area (TPSA) is 71.2 Å². The van der Waals surface area contributed by atoms with Crippen LogP contribution in [0.5, 0.6) is 0 Å². The molecule has 1 aromatic heterocycles. The van der Waals surface area contributed by atoms with Crippen molar-refractivity contribution in [1.29, 1.82) is 0 Å². The van der Waals surface area contributed by atoms with Gasteiger partial charge in [0, 0.05) is 12.0 Å². The Kier molecular flexibility index (Phi) is 3.06. The van der Waals surface area contributed by atoms with Gasteiger partial charge in [0.1, 0.15) is 0 Å². The minimum absolute atomic E-state index is 0.114. The monoisotopic (exact) mass is 311 g/mol. The smallest absolute Gasteiger partial charge is 0.244 e. The van der Waals surface area contributed by atoms with E-state index >= 15 is 0 Å². The number of benzene rings is 1. The molecule has 2 bridgehead atoms. The molecule has 2 heterocycles. The van der Waals surface area contributed by atoms with Crippen LogP contribution in [0.25, 0.3) is 0 Å². The summed E-state index contributed by atoms with van der Waals surface area (Å²) in [5.74, 6) is 2.18. The summed E-state index contributed by atoms with van der Waals surface area (Å²) in [6, 6.07) is 8.91. The first-order valence-corrected chi connectivity index (χ1v) is 8.65. The highest BCUT2D eigenvalue weighted by molar-refractivity contribution is 5.36. The van der Waals surface area contributed by atoms with Crippen molar-refractivity contribution in [3.63, 3.8) is 0 Å². The highest BCUT2D eigenvalue weighted by atomic mass is 16.5. The van der Waals surface area contributed by atoms with E-state index in [9.17, 15) is 5.11 Å². The van der Waals surface area contributed by atoms with Crippen LogP contribution in [0.15, 0.2) is 28.8 Å². The minimum Gasteiger partial charge on any atom is -0.391 e. The van der Waals surface area contributed by atoms with Gasteiger partial charge in [0.25, 0.3) is 0 Å². The number of nitrogens with one attached hydrogen (secondary N) is 1. The van der Waals surface area contributed by atoms with Crippen molar-refractivity contribution in [3.05, 3.63) is 47.1 Å². The summed E-state index contributed by atoms with van der Waals surface area (Å²) in [4.78, 5) is 4.74. The van der Waals surface area contributed by atoms with Crippen molar-refractivity contribution in [2.75, 3.05) is 0 Å². The first kappa shape index (κ1) is 13.7. The van der Waals surface area contributed by atoms with Crippen LogP contribution >= 0.6 is 0 Å². The van der Waals surface area contributed by atoms with E-state index in [2.05, 4.69) is 34.7 Å². The van der Waals surface area contributed by atoms with E-state index in [-0.39, 0.29) is 24.1 Å². The maximum absolute atomic E-state index is 9.87. The fourth-order valence-electron chi connectivity index (χ4n) is 4.68. The van der Waals surface area contributed by atoms with Crippen molar-refractivity contribution in [2.45, 2.75) is 56.2 Å². The van der Waals surface area contributed by atoms with E-state index in [1.54, 1.807) is 0 Å². The molecule has 5 rings (SSSR count). The largest absolute Gasteiger partial charge is 0.391 e. The fourth-order valence-corrected chi connectivity index (χ4v) is 4.68. The Morgan fingerprint density at radius 3 is 2.96 bits per heavy atom. The second kappa shape index (κ2) is 5.14. The molecule has 1 aromatic carbocycles. The van der Waals surface area contributed by atoms with Gasteiger partial charge in [-0.05, 0) is 49.1 Å². The molecule has 120 valence electrons. The molecule has 0 radical (unpaired) electrons. The first-order valence-electron chi connectivity index (χ1n) is 8.65. The second-order valence-electron chi connectivity index (χ2n) is 7.18. The van der Waals surface area contributed by atoms with Crippen molar-refractivity contribution in [3.8, 4) is 0 Å².